The molecule has 0 heterocycles. The summed E-state index contributed by atoms with van der Waals surface area (Å²) in [4.78, 5) is 0. The first-order valence-corrected chi connectivity index (χ1v) is 4.64. The molecule has 1 aromatic carbocycles. The topological polar surface area (TPSA) is 46.2 Å². The highest BCUT2D eigenvalue weighted by molar-refractivity contribution is 9.10. The van der Waals surface area contributed by atoms with Crippen LogP contribution in [0.3, 0.4) is 0 Å². The molecule has 0 amide bonds. The molecule has 13 heavy (non-hydrogen) atoms. The first-order valence-electron chi connectivity index (χ1n) is 3.85. The Balaban J connectivity index is 3.15. The fraction of sp³-hybridized carbons (Fsp3) is 0.333. The predicted octanol–water partition coefficient (Wildman–Crippen LogP) is 1.75. The van der Waals surface area contributed by atoms with Gasteiger partial charge in [0, 0.05) is 11.0 Å². The SMILES string of the molecule is CC(O)(CN)c1cc(F)cc(Br)c1. The molecule has 1 unspecified atom stereocenters. The zero-order valence-electron chi connectivity index (χ0n) is 7.22. The van der Waals surface area contributed by atoms with Gasteiger partial charge in [-0.3, -0.25) is 0 Å². The molecule has 0 radical (unpaired) electrons. The van der Waals surface area contributed by atoms with Gasteiger partial charge in [-0.05, 0) is 30.7 Å². The second-order valence-electron chi connectivity index (χ2n) is 3.14. The van der Waals surface area contributed by atoms with Gasteiger partial charge in [-0.1, -0.05) is 15.9 Å². The molecule has 0 fully saturated rings. The van der Waals surface area contributed by atoms with Crippen molar-refractivity contribution in [3.8, 4) is 0 Å². The van der Waals surface area contributed by atoms with Crippen molar-refractivity contribution in [1.29, 1.82) is 0 Å². The molecule has 1 rings (SSSR count). The maximum absolute atomic E-state index is 12.9. The molecular weight excluding hydrogens is 237 g/mol. The zero-order valence-corrected chi connectivity index (χ0v) is 8.81. The van der Waals surface area contributed by atoms with Gasteiger partial charge in [-0.2, -0.15) is 0 Å². The van der Waals surface area contributed by atoms with Crippen LogP contribution in [0.25, 0.3) is 0 Å². The smallest absolute Gasteiger partial charge is 0.124 e. The minimum absolute atomic E-state index is 0.0584. The van der Waals surface area contributed by atoms with E-state index in [2.05, 4.69) is 15.9 Å². The lowest BCUT2D eigenvalue weighted by Crippen LogP contribution is -2.31. The Hall–Kier alpha value is -0.450. The average Bonchev–Trinajstić information content (AvgIpc) is 2.02. The third kappa shape index (κ3) is 2.49. The molecule has 0 saturated heterocycles. The van der Waals surface area contributed by atoms with Crippen LogP contribution in [0, 0.1) is 5.82 Å². The van der Waals surface area contributed by atoms with Crippen LogP contribution >= 0.6 is 15.9 Å². The van der Waals surface area contributed by atoms with E-state index in [1.807, 2.05) is 0 Å². The summed E-state index contributed by atoms with van der Waals surface area (Å²) < 4.78 is 13.5. The molecule has 1 atom stereocenters. The normalized spacial score (nSPS) is 15.5. The summed E-state index contributed by atoms with van der Waals surface area (Å²) in [5.74, 6) is -0.391. The van der Waals surface area contributed by atoms with Crippen LogP contribution in [0.4, 0.5) is 4.39 Å². The first-order chi connectivity index (χ1) is 5.95. The number of hydrogen-bond acceptors (Lipinski definition) is 2. The number of nitrogens with two attached hydrogens (primary N) is 1. The van der Waals surface area contributed by atoms with Crippen molar-refractivity contribution in [2.24, 2.45) is 5.73 Å². The minimum Gasteiger partial charge on any atom is -0.384 e. The lowest BCUT2D eigenvalue weighted by Gasteiger charge is -2.21. The molecular formula is C9H11BrFNO. The summed E-state index contributed by atoms with van der Waals surface area (Å²) in [6.45, 7) is 1.61. The monoisotopic (exact) mass is 247 g/mol. The van der Waals surface area contributed by atoms with Gasteiger partial charge in [0.15, 0.2) is 0 Å². The number of aliphatic hydroxyl groups is 1. The highest BCUT2D eigenvalue weighted by Crippen LogP contribution is 2.23. The van der Waals surface area contributed by atoms with Crippen molar-refractivity contribution in [2.75, 3.05) is 6.54 Å². The summed E-state index contributed by atoms with van der Waals surface area (Å²) in [6.07, 6.45) is 0. The van der Waals surface area contributed by atoms with Crippen LogP contribution in [0.5, 0.6) is 0 Å². The summed E-state index contributed by atoms with van der Waals surface area (Å²) in [5.41, 5.74) is 4.65. The minimum atomic E-state index is -1.18. The van der Waals surface area contributed by atoms with Gasteiger partial charge in [0.25, 0.3) is 0 Å². The van der Waals surface area contributed by atoms with E-state index in [4.69, 9.17) is 5.73 Å². The molecule has 0 spiro atoms. The second kappa shape index (κ2) is 3.74. The Morgan fingerprint density at radius 1 is 1.54 bits per heavy atom. The summed E-state index contributed by atoms with van der Waals surface area (Å²) >= 11 is 3.14. The van der Waals surface area contributed by atoms with Crippen LogP contribution in [0.2, 0.25) is 0 Å². The summed E-state index contributed by atoms with van der Waals surface area (Å²) in [7, 11) is 0. The van der Waals surface area contributed by atoms with Crippen LogP contribution in [0.15, 0.2) is 22.7 Å². The second-order valence-corrected chi connectivity index (χ2v) is 4.05. The van der Waals surface area contributed by atoms with E-state index in [-0.39, 0.29) is 6.54 Å². The first kappa shape index (κ1) is 10.6. The highest BCUT2D eigenvalue weighted by Gasteiger charge is 2.21. The summed E-state index contributed by atoms with van der Waals surface area (Å²) in [5, 5.41) is 9.73. The number of rotatable bonds is 2. The fourth-order valence-electron chi connectivity index (χ4n) is 0.983. The van der Waals surface area contributed by atoms with E-state index >= 15 is 0 Å². The van der Waals surface area contributed by atoms with E-state index in [0.717, 1.165) is 0 Å². The molecule has 0 aliphatic rings. The van der Waals surface area contributed by atoms with E-state index in [0.29, 0.717) is 10.0 Å². The molecule has 2 nitrogen and oxygen atoms in total. The van der Waals surface area contributed by atoms with Crippen LogP contribution in [-0.2, 0) is 5.60 Å². The lowest BCUT2D eigenvalue weighted by atomic mass is 9.96. The number of benzene rings is 1. The van der Waals surface area contributed by atoms with E-state index in [9.17, 15) is 9.50 Å². The van der Waals surface area contributed by atoms with Gasteiger partial charge in [0.2, 0.25) is 0 Å². The van der Waals surface area contributed by atoms with Crippen molar-refractivity contribution in [3.63, 3.8) is 0 Å². The molecule has 0 bridgehead atoms. The Bertz CT molecular complexity index is 294. The van der Waals surface area contributed by atoms with E-state index in [1.54, 1.807) is 13.0 Å². The van der Waals surface area contributed by atoms with Crippen LogP contribution in [0.1, 0.15) is 12.5 Å². The van der Waals surface area contributed by atoms with Gasteiger partial charge in [0.1, 0.15) is 5.82 Å². The highest BCUT2D eigenvalue weighted by atomic mass is 79.9. The van der Waals surface area contributed by atoms with Gasteiger partial charge in [0.05, 0.1) is 5.60 Å². The molecule has 1 aromatic rings. The Kier molecular flexibility index (Phi) is 3.05. The third-order valence-electron chi connectivity index (χ3n) is 1.88. The Morgan fingerprint density at radius 2 is 2.15 bits per heavy atom. The number of hydrogen-bond donors (Lipinski definition) is 2. The van der Waals surface area contributed by atoms with Crippen molar-refractivity contribution < 1.29 is 9.50 Å². The predicted molar refractivity (Wildman–Crippen MR) is 52.7 cm³/mol. The fourth-order valence-corrected chi connectivity index (χ4v) is 1.45. The van der Waals surface area contributed by atoms with Crippen LogP contribution in [-0.4, -0.2) is 11.7 Å². The van der Waals surface area contributed by atoms with E-state index < -0.39 is 11.4 Å². The quantitative estimate of drug-likeness (QED) is 0.837. The standard InChI is InChI=1S/C9H11BrFNO/c1-9(13,5-12)6-2-7(10)4-8(11)3-6/h2-4,13H,5,12H2,1H3. The Morgan fingerprint density at radius 3 is 2.62 bits per heavy atom. The van der Waals surface area contributed by atoms with Gasteiger partial charge in [-0.25, -0.2) is 4.39 Å². The molecule has 72 valence electrons. The van der Waals surface area contributed by atoms with Crippen LogP contribution < -0.4 is 5.73 Å². The summed E-state index contributed by atoms with van der Waals surface area (Å²) in [6, 6.07) is 4.25. The average molecular weight is 248 g/mol. The molecule has 0 aliphatic heterocycles. The number of halogens is 2. The molecule has 4 heteroatoms. The maximum Gasteiger partial charge on any atom is 0.124 e. The molecule has 0 aliphatic carbocycles. The lowest BCUT2D eigenvalue weighted by molar-refractivity contribution is 0.0664. The van der Waals surface area contributed by atoms with Crippen molar-refractivity contribution in [2.45, 2.75) is 12.5 Å². The molecule has 0 aromatic heterocycles. The van der Waals surface area contributed by atoms with Gasteiger partial charge >= 0.3 is 0 Å². The largest absolute Gasteiger partial charge is 0.384 e. The van der Waals surface area contributed by atoms with Crippen molar-refractivity contribution in [3.05, 3.63) is 34.1 Å². The zero-order chi connectivity index (χ0) is 10.1. The van der Waals surface area contributed by atoms with Gasteiger partial charge < -0.3 is 10.8 Å². The Labute approximate surface area is 84.7 Å². The molecule has 0 saturated carbocycles. The molecule has 3 N–H and O–H groups in total. The maximum atomic E-state index is 12.9. The van der Waals surface area contributed by atoms with Gasteiger partial charge in [-0.15, -0.1) is 0 Å². The van der Waals surface area contributed by atoms with Crippen molar-refractivity contribution >= 4 is 15.9 Å². The third-order valence-corrected chi connectivity index (χ3v) is 2.34. The van der Waals surface area contributed by atoms with Crippen molar-refractivity contribution in [1.82, 2.24) is 0 Å². The van der Waals surface area contributed by atoms with E-state index in [1.165, 1.54) is 12.1 Å².